The summed E-state index contributed by atoms with van der Waals surface area (Å²) < 4.78 is 6.12. The lowest BCUT2D eigenvalue weighted by Gasteiger charge is -2.06. The van der Waals surface area contributed by atoms with E-state index in [1.807, 2.05) is 0 Å². The van der Waals surface area contributed by atoms with Crippen LogP contribution in [-0.2, 0) is 0 Å². The lowest BCUT2D eigenvalue weighted by Crippen LogP contribution is -1.94. The molecule has 18 heavy (non-hydrogen) atoms. The summed E-state index contributed by atoms with van der Waals surface area (Å²) in [7, 11) is 0. The maximum atomic E-state index is 10.7. The number of nitro groups is 1. The lowest BCUT2D eigenvalue weighted by atomic mass is 10.2. The maximum absolute atomic E-state index is 10.7. The third-order valence-corrected chi connectivity index (χ3v) is 2.76. The Morgan fingerprint density at radius 3 is 2.83 bits per heavy atom. The molecule has 1 heterocycles. The van der Waals surface area contributed by atoms with Gasteiger partial charge in [0.15, 0.2) is 0 Å². The minimum Gasteiger partial charge on any atom is -0.438 e. The Hall–Kier alpha value is -2.02. The number of nitro benzene ring substituents is 1. The number of aromatic nitrogens is 2. The van der Waals surface area contributed by atoms with Crippen LogP contribution in [0.25, 0.3) is 0 Å². The van der Waals surface area contributed by atoms with E-state index in [4.69, 9.17) is 4.74 Å². The van der Waals surface area contributed by atoms with Crippen LogP contribution in [0.4, 0.5) is 5.69 Å². The molecule has 2 aromatic rings. The minimum absolute atomic E-state index is 0.0594. The van der Waals surface area contributed by atoms with E-state index in [0.29, 0.717) is 21.7 Å². The Labute approximate surface area is 111 Å². The number of nitrogens with zero attached hydrogens (tertiary/aromatic N) is 3. The third kappa shape index (κ3) is 2.62. The fourth-order valence-electron chi connectivity index (χ4n) is 1.38. The molecular formula is C11H8BrN3O3. The minimum atomic E-state index is -0.431. The van der Waals surface area contributed by atoms with Crippen LogP contribution in [-0.4, -0.2) is 14.9 Å². The summed E-state index contributed by atoms with van der Waals surface area (Å²) in [6.07, 6.45) is 2.92. The van der Waals surface area contributed by atoms with Gasteiger partial charge in [-0.2, -0.15) is 0 Å². The van der Waals surface area contributed by atoms with E-state index in [0.717, 1.165) is 0 Å². The highest BCUT2D eigenvalue weighted by Crippen LogP contribution is 2.29. The molecule has 0 amide bonds. The second-order valence-corrected chi connectivity index (χ2v) is 4.34. The van der Waals surface area contributed by atoms with Gasteiger partial charge < -0.3 is 4.74 Å². The van der Waals surface area contributed by atoms with Crippen LogP contribution < -0.4 is 4.74 Å². The van der Waals surface area contributed by atoms with Crippen molar-refractivity contribution in [2.45, 2.75) is 6.92 Å². The number of hydrogen-bond donors (Lipinski definition) is 0. The van der Waals surface area contributed by atoms with Gasteiger partial charge in [0.05, 0.1) is 9.40 Å². The smallest absolute Gasteiger partial charge is 0.272 e. The van der Waals surface area contributed by atoms with E-state index in [-0.39, 0.29) is 5.69 Å². The summed E-state index contributed by atoms with van der Waals surface area (Å²) in [6.45, 7) is 1.65. The molecular weight excluding hydrogens is 302 g/mol. The van der Waals surface area contributed by atoms with Gasteiger partial charge in [0.25, 0.3) is 5.69 Å². The molecule has 7 heteroatoms. The van der Waals surface area contributed by atoms with Gasteiger partial charge >= 0.3 is 0 Å². The van der Waals surface area contributed by atoms with Crippen molar-refractivity contribution in [1.29, 1.82) is 0 Å². The molecule has 1 aromatic heterocycles. The molecule has 0 aliphatic carbocycles. The molecule has 0 saturated carbocycles. The van der Waals surface area contributed by atoms with Gasteiger partial charge in [-0.1, -0.05) is 0 Å². The van der Waals surface area contributed by atoms with Gasteiger partial charge in [-0.25, -0.2) is 9.97 Å². The summed E-state index contributed by atoms with van der Waals surface area (Å²) >= 11 is 3.25. The van der Waals surface area contributed by atoms with Gasteiger partial charge in [0.1, 0.15) is 12.1 Å². The Balaban J connectivity index is 2.29. The average molecular weight is 310 g/mol. The predicted octanol–water partition coefficient (Wildman–Crippen LogP) is 3.25. The van der Waals surface area contributed by atoms with Crippen LogP contribution in [0.2, 0.25) is 0 Å². The van der Waals surface area contributed by atoms with Crippen molar-refractivity contribution in [2.24, 2.45) is 0 Å². The Morgan fingerprint density at radius 2 is 2.22 bits per heavy atom. The zero-order valence-corrected chi connectivity index (χ0v) is 10.9. The maximum Gasteiger partial charge on any atom is 0.272 e. The first-order chi connectivity index (χ1) is 8.58. The van der Waals surface area contributed by atoms with Crippen molar-refractivity contribution in [1.82, 2.24) is 9.97 Å². The van der Waals surface area contributed by atoms with E-state index in [9.17, 15) is 10.1 Å². The zero-order valence-electron chi connectivity index (χ0n) is 9.33. The molecule has 0 unspecified atom stereocenters. The number of rotatable bonds is 3. The third-order valence-electron chi connectivity index (χ3n) is 2.21. The Morgan fingerprint density at radius 1 is 1.44 bits per heavy atom. The van der Waals surface area contributed by atoms with Crippen molar-refractivity contribution in [3.05, 3.63) is 50.9 Å². The van der Waals surface area contributed by atoms with Gasteiger partial charge in [-0.3, -0.25) is 10.1 Å². The molecule has 0 fully saturated rings. The van der Waals surface area contributed by atoms with Gasteiger partial charge in [0, 0.05) is 17.8 Å². The fraction of sp³-hybridized carbons (Fsp3) is 0.0909. The number of halogens is 1. The van der Waals surface area contributed by atoms with Crippen LogP contribution in [0.1, 0.15) is 5.56 Å². The highest BCUT2D eigenvalue weighted by molar-refractivity contribution is 9.10. The monoisotopic (exact) mass is 309 g/mol. The van der Waals surface area contributed by atoms with E-state index >= 15 is 0 Å². The standard InChI is InChI=1S/C11H8BrN3O3/c1-7-4-8(2-3-10(7)15(16)17)18-11-9(12)5-13-6-14-11/h2-6H,1H3. The van der Waals surface area contributed by atoms with Crippen molar-refractivity contribution in [3.63, 3.8) is 0 Å². The molecule has 1 aromatic carbocycles. The normalized spacial score (nSPS) is 10.1. The lowest BCUT2D eigenvalue weighted by molar-refractivity contribution is -0.385. The summed E-state index contributed by atoms with van der Waals surface area (Å²) in [5.74, 6) is 0.843. The van der Waals surface area contributed by atoms with E-state index in [1.165, 1.54) is 18.5 Å². The van der Waals surface area contributed by atoms with E-state index in [1.54, 1.807) is 19.2 Å². The van der Waals surface area contributed by atoms with Crippen molar-refractivity contribution in [2.75, 3.05) is 0 Å². The van der Waals surface area contributed by atoms with Crippen LogP contribution in [0.5, 0.6) is 11.6 Å². The first-order valence-corrected chi connectivity index (χ1v) is 5.75. The first kappa shape index (κ1) is 12.4. The second-order valence-electron chi connectivity index (χ2n) is 3.48. The number of benzene rings is 1. The molecule has 92 valence electrons. The van der Waals surface area contributed by atoms with E-state index < -0.39 is 4.92 Å². The molecule has 0 aliphatic heterocycles. The molecule has 0 N–H and O–H groups in total. The number of ether oxygens (including phenoxy) is 1. The molecule has 0 saturated heterocycles. The summed E-state index contributed by atoms with van der Waals surface area (Å²) in [5.41, 5.74) is 0.590. The topological polar surface area (TPSA) is 78.2 Å². The molecule has 0 bridgehead atoms. The van der Waals surface area contributed by atoms with Gasteiger partial charge in [0.2, 0.25) is 5.88 Å². The quantitative estimate of drug-likeness (QED) is 0.642. The van der Waals surface area contributed by atoms with Crippen LogP contribution in [0, 0.1) is 17.0 Å². The van der Waals surface area contributed by atoms with E-state index in [2.05, 4.69) is 25.9 Å². The zero-order chi connectivity index (χ0) is 13.1. The van der Waals surface area contributed by atoms with Crippen LogP contribution in [0.3, 0.4) is 0 Å². The summed E-state index contributed by atoms with van der Waals surface area (Å²) in [5, 5.41) is 10.7. The number of aryl methyl sites for hydroxylation is 1. The first-order valence-electron chi connectivity index (χ1n) is 4.96. The molecule has 6 nitrogen and oxygen atoms in total. The van der Waals surface area contributed by atoms with Gasteiger partial charge in [-0.05, 0) is 35.0 Å². The largest absolute Gasteiger partial charge is 0.438 e. The molecule has 0 spiro atoms. The Kier molecular flexibility index (Phi) is 3.52. The van der Waals surface area contributed by atoms with Crippen LogP contribution in [0.15, 0.2) is 35.2 Å². The number of hydrogen-bond acceptors (Lipinski definition) is 5. The second kappa shape index (κ2) is 5.09. The molecule has 0 radical (unpaired) electrons. The highest BCUT2D eigenvalue weighted by atomic mass is 79.9. The van der Waals surface area contributed by atoms with Crippen LogP contribution >= 0.6 is 15.9 Å². The van der Waals surface area contributed by atoms with Gasteiger partial charge in [-0.15, -0.1) is 0 Å². The average Bonchev–Trinajstić information content (AvgIpc) is 2.32. The fourth-order valence-corrected chi connectivity index (χ4v) is 1.69. The summed E-state index contributed by atoms with van der Waals surface area (Å²) in [6, 6.07) is 4.52. The summed E-state index contributed by atoms with van der Waals surface area (Å²) in [4.78, 5) is 18.0. The van der Waals surface area contributed by atoms with Crippen molar-refractivity contribution >= 4 is 21.6 Å². The van der Waals surface area contributed by atoms with Crippen molar-refractivity contribution < 1.29 is 9.66 Å². The van der Waals surface area contributed by atoms with Crippen molar-refractivity contribution in [3.8, 4) is 11.6 Å². The molecule has 2 rings (SSSR count). The predicted molar refractivity (Wildman–Crippen MR) is 67.6 cm³/mol. The SMILES string of the molecule is Cc1cc(Oc2ncncc2Br)ccc1[N+](=O)[O-]. The molecule has 0 atom stereocenters. The Bertz CT molecular complexity index is 604. The molecule has 0 aliphatic rings. The highest BCUT2D eigenvalue weighted by Gasteiger charge is 2.12.